The summed E-state index contributed by atoms with van der Waals surface area (Å²) in [5.41, 5.74) is 7.29. The van der Waals surface area contributed by atoms with Crippen molar-refractivity contribution in [3.8, 4) is 0 Å². The van der Waals surface area contributed by atoms with Crippen molar-refractivity contribution in [2.75, 3.05) is 39.5 Å². The van der Waals surface area contributed by atoms with Crippen LogP contribution in [-0.2, 0) is 14.9 Å². The van der Waals surface area contributed by atoms with Gasteiger partial charge in [-0.05, 0) is 50.3 Å². The molecule has 2 saturated heterocycles. The first kappa shape index (κ1) is 25.0. The van der Waals surface area contributed by atoms with E-state index in [9.17, 15) is 4.79 Å². The quantitative estimate of drug-likeness (QED) is 0.333. The van der Waals surface area contributed by atoms with Crippen LogP contribution in [0.1, 0.15) is 38.2 Å². The third-order valence-electron chi connectivity index (χ3n) is 5.81. The van der Waals surface area contributed by atoms with Crippen molar-refractivity contribution in [2.45, 2.75) is 44.1 Å². The number of hydrogen-bond acceptors (Lipinski definition) is 4. The molecule has 0 aromatic heterocycles. The van der Waals surface area contributed by atoms with Gasteiger partial charge in [0.25, 0.3) is 0 Å². The highest BCUT2D eigenvalue weighted by molar-refractivity contribution is 14.0. The zero-order valence-corrected chi connectivity index (χ0v) is 20.5. The summed E-state index contributed by atoms with van der Waals surface area (Å²) in [7, 11) is 0. The van der Waals surface area contributed by atoms with E-state index in [1.807, 2.05) is 25.1 Å². The summed E-state index contributed by atoms with van der Waals surface area (Å²) in [6.45, 7) is 5.55. The number of nitrogens with one attached hydrogen (secondary N) is 1. The van der Waals surface area contributed by atoms with Gasteiger partial charge in [-0.25, -0.2) is 4.79 Å². The third-order valence-corrected chi connectivity index (χ3v) is 6.05. The predicted octanol–water partition coefficient (Wildman–Crippen LogP) is 3.53. The Kier molecular flexibility index (Phi) is 9.96. The average Bonchev–Trinajstić information content (AvgIpc) is 2.74. The number of hydrogen-bond donors (Lipinski definition) is 2. The number of piperidine rings is 1. The molecule has 2 aliphatic rings. The van der Waals surface area contributed by atoms with Crippen molar-refractivity contribution < 1.29 is 14.3 Å². The number of carbonyl (C=O) groups excluding carboxylic acids is 1. The Morgan fingerprint density at radius 2 is 2.07 bits per heavy atom. The van der Waals surface area contributed by atoms with Crippen molar-refractivity contribution in [2.24, 2.45) is 10.7 Å². The van der Waals surface area contributed by atoms with Crippen molar-refractivity contribution in [3.63, 3.8) is 0 Å². The molecule has 0 atom stereocenters. The van der Waals surface area contributed by atoms with Gasteiger partial charge < -0.3 is 25.4 Å². The van der Waals surface area contributed by atoms with Gasteiger partial charge >= 0.3 is 6.09 Å². The lowest BCUT2D eigenvalue weighted by Gasteiger charge is -2.37. The van der Waals surface area contributed by atoms with Gasteiger partial charge in [-0.1, -0.05) is 23.7 Å². The summed E-state index contributed by atoms with van der Waals surface area (Å²) in [6.07, 6.45) is 3.19. The van der Waals surface area contributed by atoms with Gasteiger partial charge in [0.15, 0.2) is 5.96 Å². The summed E-state index contributed by atoms with van der Waals surface area (Å²) in [5, 5.41) is 4.05. The molecule has 9 heteroatoms. The van der Waals surface area contributed by atoms with Crippen LogP contribution in [0.15, 0.2) is 29.3 Å². The zero-order chi connectivity index (χ0) is 20.7. The van der Waals surface area contributed by atoms with E-state index in [0.29, 0.717) is 45.4 Å². The number of carbonyl (C=O) groups is 1. The van der Waals surface area contributed by atoms with Crippen LogP contribution >= 0.6 is 35.6 Å². The second-order valence-electron chi connectivity index (χ2n) is 7.71. The molecule has 2 heterocycles. The van der Waals surface area contributed by atoms with E-state index in [-0.39, 0.29) is 41.5 Å². The minimum Gasteiger partial charge on any atom is -0.450 e. The standard InChI is InChI=1S/C21H31ClN4O3.HI/c1-2-29-20(27)26-10-6-18(7-11-26)25-19(23)24-15-21(8-12-28-13-9-21)16-4-3-5-17(22)14-16;/h3-5,14,18H,2,6-13,15H2,1H3,(H3,23,24,25);1H. The molecule has 168 valence electrons. The number of amides is 1. The first-order valence-corrected chi connectivity index (χ1v) is 10.7. The molecule has 0 radical (unpaired) electrons. The Morgan fingerprint density at radius 1 is 1.37 bits per heavy atom. The van der Waals surface area contributed by atoms with E-state index >= 15 is 0 Å². The van der Waals surface area contributed by atoms with Crippen LogP contribution in [0.4, 0.5) is 4.79 Å². The zero-order valence-electron chi connectivity index (χ0n) is 17.4. The summed E-state index contributed by atoms with van der Waals surface area (Å²) in [6, 6.07) is 8.22. The highest BCUT2D eigenvalue weighted by atomic mass is 127. The monoisotopic (exact) mass is 550 g/mol. The number of rotatable bonds is 5. The molecule has 2 aliphatic heterocycles. The molecular weight excluding hydrogens is 519 g/mol. The van der Waals surface area contributed by atoms with Crippen LogP contribution in [0, 0.1) is 0 Å². The van der Waals surface area contributed by atoms with E-state index < -0.39 is 0 Å². The molecule has 0 spiro atoms. The van der Waals surface area contributed by atoms with Gasteiger partial charge in [0, 0.05) is 42.8 Å². The maximum absolute atomic E-state index is 11.8. The van der Waals surface area contributed by atoms with Gasteiger partial charge in [-0.2, -0.15) is 0 Å². The van der Waals surface area contributed by atoms with Gasteiger partial charge in [0.1, 0.15) is 0 Å². The lowest BCUT2D eigenvalue weighted by atomic mass is 9.74. The maximum atomic E-state index is 11.8. The Hall–Kier alpha value is -1.26. The Balaban J connectivity index is 0.00000320. The molecular formula is C21H32ClIN4O3. The smallest absolute Gasteiger partial charge is 0.409 e. The van der Waals surface area contributed by atoms with Crippen molar-refractivity contribution in [1.82, 2.24) is 10.2 Å². The predicted molar refractivity (Wildman–Crippen MR) is 130 cm³/mol. The number of aliphatic imine (C=N–C) groups is 1. The van der Waals surface area contributed by atoms with Crippen molar-refractivity contribution >= 4 is 47.6 Å². The largest absolute Gasteiger partial charge is 0.450 e. The average molecular weight is 551 g/mol. The number of benzene rings is 1. The van der Waals surface area contributed by atoms with Gasteiger partial charge in [0.05, 0.1) is 13.2 Å². The van der Waals surface area contributed by atoms with Crippen LogP contribution in [0.2, 0.25) is 5.02 Å². The second kappa shape index (κ2) is 12.0. The number of halogens is 2. The summed E-state index contributed by atoms with van der Waals surface area (Å²) < 4.78 is 10.6. The Labute approximate surface area is 200 Å². The fraction of sp³-hybridized carbons (Fsp3) is 0.619. The van der Waals surface area contributed by atoms with Gasteiger partial charge in [-0.15, -0.1) is 24.0 Å². The van der Waals surface area contributed by atoms with Crippen LogP contribution in [0.25, 0.3) is 0 Å². The van der Waals surface area contributed by atoms with E-state index in [4.69, 9.17) is 26.8 Å². The molecule has 1 aromatic carbocycles. The van der Waals surface area contributed by atoms with Crippen molar-refractivity contribution in [3.05, 3.63) is 34.9 Å². The number of nitrogens with zero attached hydrogens (tertiary/aromatic N) is 2. The molecule has 7 nitrogen and oxygen atoms in total. The number of nitrogens with two attached hydrogens (primary N) is 1. The molecule has 1 amide bonds. The van der Waals surface area contributed by atoms with E-state index in [0.717, 1.165) is 30.7 Å². The number of likely N-dealkylation sites (tertiary alicyclic amines) is 1. The van der Waals surface area contributed by atoms with Gasteiger partial charge in [-0.3, -0.25) is 4.99 Å². The van der Waals surface area contributed by atoms with Crippen LogP contribution in [0.3, 0.4) is 0 Å². The fourth-order valence-corrected chi connectivity index (χ4v) is 4.22. The fourth-order valence-electron chi connectivity index (χ4n) is 4.03. The highest BCUT2D eigenvalue weighted by Crippen LogP contribution is 2.36. The second-order valence-corrected chi connectivity index (χ2v) is 8.15. The van der Waals surface area contributed by atoms with Crippen LogP contribution in [0.5, 0.6) is 0 Å². The lowest BCUT2D eigenvalue weighted by molar-refractivity contribution is 0.0531. The minimum atomic E-state index is -0.240. The van der Waals surface area contributed by atoms with Crippen molar-refractivity contribution in [1.29, 1.82) is 0 Å². The van der Waals surface area contributed by atoms with Crippen LogP contribution < -0.4 is 11.1 Å². The molecule has 30 heavy (non-hydrogen) atoms. The maximum Gasteiger partial charge on any atom is 0.409 e. The molecule has 0 bridgehead atoms. The number of ether oxygens (including phenoxy) is 2. The summed E-state index contributed by atoms with van der Waals surface area (Å²) in [5.74, 6) is 0.451. The molecule has 2 fully saturated rings. The number of guanidine groups is 1. The molecule has 0 unspecified atom stereocenters. The molecule has 0 aliphatic carbocycles. The molecule has 3 N–H and O–H groups in total. The minimum absolute atomic E-state index is 0. The van der Waals surface area contributed by atoms with E-state index in [1.54, 1.807) is 4.90 Å². The molecule has 0 saturated carbocycles. The summed E-state index contributed by atoms with van der Waals surface area (Å²) in [4.78, 5) is 18.2. The Bertz CT molecular complexity index is 720. The van der Waals surface area contributed by atoms with E-state index in [2.05, 4.69) is 16.4 Å². The first-order chi connectivity index (χ1) is 14.0. The Morgan fingerprint density at radius 3 is 2.70 bits per heavy atom. The van der Waals surface area contributed by atoms with Crippen LogP contribution in [-0.4, -0.2) is 62.4 Å². The first-order valence-electron chi connectivity index (χ1n) is 10.3. The highest BCUT2D eigenvalue weighted by Gasteiger charge is 2.34. The lowest BCUT2D eigenvalue weighted by Crippen LogP contribution is -2.49. The topological polar surface area (TPSA) is 89.2 Å². The SMILES string of the molecule is CCOC(=O)N1CCC(NC(N)=NCC2(c3cccc(Cl)c3)CCOCC2)CC1.I. The summed E-state index contributed by atoms with van der Waals surface area (Å²) >= 11 is 6.23. The van der Waals surface area contributed by atoms with Gasteiger partial charge in [0.2, 0.25) is 0 Å². The third kappa shape index (κ3) is 6.62. The molecule has 1 aromatic rings. The normalized spacial score (nSPS) is 19.7. The molecule has 3 rings (SSSR count). The van der Waals surface area contributed by atoms with E-state index in [1.165, 1.54) is 5.56 Å².